The summed E-state index contributed by atoms with van der Waals surface area (Å²) in [5, 5.41) is 0. The van der Waals surface area contributed by atoms with Crippen LogP contribution in [0.4, 0.5) is 0 Å². The summed E-state index contributed by atoms with van der Waals surface area (Å²) in [6.45, 7) is 2.76. The molecule has 0 unspecified atom stereocenters. The highest BCUT2D eigenvalue weighted by Crippen LogP contribution is 2.41. The Labute approximate surface area is 136 Å². The van der Waals surface area contributed by atoms with Crippen LogP contribution in [0.2, 0.25) is 0 Å². The summed E-state index contributed by atoms with van der Waals surface area (Å²) in [4.78, 5) is 12.0. The number of carbonyl (C=O) groups is 1. The molecular weight excluding hydrogens is 292 g/mol. The second-order valence-corrected chi connectivity index (χ2v) is 5.56. The molecule has 0 amide bonds. The standard InChI is InChI=1S/C19H20O4/c1-3-9-22-15-6-4-5-13(10-15)17-12-19(20)23-18-11-14(21-2)7-8-16(17)18/h4-8,10-11,17H,3,9,12H2,1-2H3/t17-/m0/s1. The number of methoxy groups -OCH3 is 1. The molecule has 1 aliphatic rings. The van der Waals surface area contributed by atoms with Crippen molar-refractivity contribution in [1.82, 2.24) is 0 Å². The summed E-state index contributed by atoms with van der Waals surface area (Å²) in [7, 11) is 1.60. The van der Waals surface area contributed by atoms with Crippen LogP contribution in [0.1, 0.15) is 36.8 Å². The monoisotopic (exact) mass is 312 g/mol. The fourth-order valence-electron chi connectivity index (χ4n) is 2.80. The van der Waals surface area contributed by atoms with Crippen LogP contribution in [-0.4, -0.2) is 19.7 Å². The van der Waals surface area contributed by atoms with E-state index < -0.39 is 0 Å². The van der Waals surface area contributed by atoms with Crippen molar-refractivity contribution >= 4 is 5.97 Å². The molecule has 0 N–H and O–H groups in total. The van der Waals surface area contributed by atoms with E-state index in [1.165, 1.54) is 0 Å². The van der Waals surface area contributed by atoms with Crippen molar-refractivity contribution < 1.29 is 19.0 Å². The molecule has 1 atom stereocenters. The van der Waals surface area contributed by atoms with Gasteiger partial charge in [0.25, 0.3) is 0 Å². The molecule has 1 heterocycles. The minimum atomic E-state index is -0.226. The van der Waals surface area contributed by atoms with E-state index in [9.17, 15) is 4.79 Å². The average molecular weight is 312 g/mol. The van der Waals surface area contributed by atoms with Gasteiger partial charge in [-0.15, -0.1) is 0 Å². The number of carbonyl (C=O) groups excluding carboxylic acids is 1. The number of hydrogen-bond donors (Lipinski definition) is 0. The van der Waals surface area contributed by atoms with Crippen molar-refractivity contribution in [3.8, 4) is 17.2 Å². The van der Waals surface area contributed by atoms with Gasteiger partial charge in [-0.25, -0.2) is 0 Å². The Balaban J connectivity index is 1.96. The zero-order chi connectivity index (χ0) is 16.2. The zero-order valence-electron chi connectivity index (χ0n) is 13.4. The molecule has 2 aromatic carbocycles. The van der Waals surface area contributed by atoms with Crippen LogP contribution in [0.15, 0.2) is 42.5 Å². The van der Waals surface area contributed by atoms with E-state index in [4.69, 9.17) is 14.2 Å². The molecular formula is C19H20O4. The number of rotatable bonds is 5. The van der Waals surface area contributed by atoms with Crippen molar-refractivity contribution in [2.45, 2.75) is 25.7 Å². The molecule has 0 aliphatic carbocycles. The van der Waals surface area contributed by atoms with Crippen molar-refractivity contribution in [2.75, 3.05) is 13.7 Å². The van der Waals surface area contributed by atoms with E-state index >= 15 is 0 Å². The van der Waals surface area contributed by atoms with E-state index in [1.807, 2.05) is 36.4 Å². The maximum absolute atomic E-state index is 12.0. The summed E-state index contributed by atoms with van der Waals surface area (Å²) >= 11 is 0. The van der Waals surface area contributed by atoms with Gasteiger partial charge in [0.05, 0.1) is 20.1 Å². The Bertz CT molecular complexity index is 708. The number of fused-ring (bicyclic) bond motifs is 1. The maximum atomic E-state index is 12.0. The van der Waals surface area contributed by atoms with Crippen LogP contribution >= 0.6 is 0 Å². The third-order valence-corrected chi connectivity index (χ3v) is 3.92. The molecule has 0 aromatic heterocycles. The lowest BCUT2D eigenvalue weighted by atomic mass is 9.86. The minimum Gasteiger partial charge on any atom is -0.497 e. The maximum Gasteiger partial charge on any atom is 0.312 e. The van der Waals surface area contributed by atoms with Gasteiger partial charge in [-0.1, -0.05) is 25.1 Å². The lowest BCUT2D eigenvalue weighted by Gasteiger charge is -2.25. The lowest BCUT2D eigenvalue weighted by Crippen LogP contribution is -2.21. The number of hydrogen-bond acceptors (Lipinski definition) is 4. The van der Waals surface area contributed by atoms with Gasteiger partial charge >= 0.3 is 5.97 Å². The first-order chi connectivity index (χ1) is 11.2. The Kier molecular flexibility index (Phi) is 4.51. The first-order valence-electron chi connectivity index (χ1n) is 7.82. The molecule has 1 aliphatic heterocycles. The normalized spacial score (nSPS) is 16.4. The van der Waals surface area contributed by atoms with Crippen molar-refractivity contribution in [2.24, 2.45) is 0 Å². The molecule has 0 fully saturated rings. The fraction of sp³-hybridized carbons (Fsp3) is 0.316. The Morgan fingerprint density at radius 1 is 1.17 bits per heavy atom. The smallest absolute Gasteiger partial charge is 0.312 e. The Morgan fingerprint density at radius 3 is 2.83 bits per heavy atom. The molecule has 3 rings (SSSR count). The van der Waals surface area contributed by atoms with Crippen LogP contribution in [0, 0.1) is 0 Å². The predicted molar refractivity (Wildman–Crippen MR) is 87.3 cm³/mol. The highest BCUT2D eigenvalue weighted by atomic mass is 16.5. The summed E-state index contributed by atoms with van der Waals surface area (Å²) in [5.41, 5.74) is 2.06. The fourth-order valence-corrected chi connectivity index (χ4v) is 2.80. The van der Waals surface area contributed by atoms with Crippen LogP contribution in [0.3, 0.4) is 0 Å². The molecule has 0 spiro atoms. The molecule has 0 saturated carbocycles. The summed E-state index contributed by atoms with van der Waals surface area (Å²) in [6, 6.07) is 13.5. The zero-order valence-corrected chi connectivity index (χ0v) is 13.4. The van der Waals surface area contributed by atoms with Gasteiger partial charge in [0.15, 0.2) is 0 Å². The number of ether oxygens (including phenoxy) is 3. The second-order valence-electron chi connectivity index (χ2n) is 5.56. The highest BCUT2D eigenvalue weighted by Gasteiger charge is 2.29. The summed E-state index contributed by atoms with van der Waals surface area (Å²) in [5.74, 6) is 1.83. The topological polar surface area (TPSA) is 44.8 Å². The van der Waals surface area contributed by atoms with Gasteiger partial charge in [-0.2, -0.15) is 0 Å². The molecule has 4 heteroatoms. The first-order valence-corrected chi connectivity index (χ1v) is 7.82. The third-order valence-electron chi connectivity index (χ3n) is 3.92. The molecule has 23 heavy (non-hydrogen) atoms. The molecule has 0 radical (unpaired) electrons. The van der Waals surface area contributed by atoms with Crippen LogP contribution in [-0.2, 0) is 4.79 Å². The Hall–Kier alpha value is -2.49. The molecule has 4 nitrogen and oxygen atoms in total. The first kappa shape index (κ1) is 15.4. The van der Waals surface area contributed by atoms with Crippen LogP contribution in [0.25, 0.3) is 0 Å². The summed E-state index contributed by atoms with van der Waals surface area (Å²) < 4.78 is 16.3. The largest absolute Gasteiger partial charge is 0.497 e. The van der Waals surface area contributed by atoms with Gasteiger partial charge in [-0.05, 0) is 30.2 Å². The van der Waals surface area contributed by atoms with E-state index in [-0.39, 0.29) is 11.9 Å². The number of benzene rings is 2. The lowest BCUT2D eigenvalue weighted by molar-refractivity contribution is -0.135. The number of esters is 1. The SMILES string of the molecule is CCCOc1cccc([C@@H]2CC(=O)Oc3cc(OC)ccc32)c1. The molecule has 0 bridgehead atoms. The van der Waals surface area contributed by atoms with Crippen molar-refractivity contribution in [3.05, 3.63) is 53.6 Å². The second kappa shape index (κ2) is 6.73. The quantitative estimate of drug-likeness (QED) is 0.620. The van der Waals surface area contributed by atoms with E-state index in [1.54, 1.807) is 13.2 Å². The van der Waals surface area contributed by atoms with Gasteiger partial charge in [0, 0.05) is 17.5 Å². The molecule has 120 valence electrons. The minimum absolute atomic E-state index is 0.0256. The average Bonchev–Trinajstić information content (AvgIpc) is 2.58. The van der Waals surface area contributed by atoms with E-state index in [2.05, 4.69) is 6.92 Å². The van der Waals surface area contributed by atoms with Gasteiger partial charge in [0.1, 0.15) is 17.2 Å². The highest BCUT2D eigenvalue weighted by molar-refractivity contribution is 5.78. The molecule has 0 saturated heterocycles. The predicted octanol–water partition coefficient (Wildman–Crippen LogP) is 3.93. The van der Waals surface area contributed by atoms with Crippen LogP contribution < -0.4 is 14.2 Å². The summed E-state index contributed by atoms with van der Waals surface area (Å²) in [6.07, 6.45) is 1.29. The van der Waals surface area contributed by atoms with E-state index in [0.717, 1.165) is 23.3 Å². The van der Waals surface area contributed by atoms with Crippen molar-refractivity contribution in [1.29, 1.82) is 0 Å². The van der Waals surface area contributed by atoms with E-state index in [0.29, 0.717) is 24.5 Å². The van der Waals surface area contributed by atoms with Gasteiger partial charge in [0.2, 0.25) is 0 Å². The molecule has 2 aromatic rings. The van der Waals surface area contributed by atoms with Crippen molar-refractivity contribution in [3.63, 3.8) is 0 Å². The van der Waals surface area contributed by atoms with Gasteiger partial charge < -0.3 is 14.2 Å². The van der Waals surface area contributed by atoms with Crippen LogP contribution in [0.5, 0.6) is 17.2 Å². The third kappa shape index (κ3) is 3.31. The van der Waals surface area contributed by atoms with Gasteiger partial charge in [-0.3, -0.25) is 4.79 Å². The Morgan fingerprint density at radius 2 is 2.04 bits per heavy atom.